The molecule has 1 aromatic heterocycles. The van der Waals surface area contributed by atoms with Gasteiger partial charge in [-0.15, -0.1) is 0 Å². The molecule has 0 radical (unpaired) electrons. The lowest BCUT2D eigenvalue weighted by molar-refractivity contribution is -0.132. The van der Waals surface area contributed by atoms with E-state index in [4.69, 9.17) is 0 Å². The number of fused-ring (bicyclic) bond motifs is 1. The minimum atomic E-state index is -1.12. The van der Waals surface area contributed by atoms with E-state index in [-0.39, 0.29) is 30.0 Å². The summed E-state index contributed by atoms with van der Waals surface area (Å²) in [6, 6.07) is 21.6. The first-order valence-corrected chi connectivity index (χ1v) is 12.9. The van der Waals surface area contributed by atoms with Crippen molar-refractivity contribution in [1.29, 1.82) is 0 Å². The molecular weight excluding hydrogens is 466 g/mol. The molecule has 1 fully saturated rings. The zero-order valence-corrected chi connectivity index (χ0v) is 21.4. The largest absolute Gasteiger partial charge is 0.350 e. The van der Waals surface area contributed by atoms with Crippen LogP contribution in [0.2, 0.25) is 0 Å². The van der Waals surface area contributed by atoms with Gasteiger partial charge in [-0.1, -0.05) is 60.7 Å². The van der Waals surface area contributed by atoms with E-state index >= 15 is 0 Å². The quantitative estimate of drug-likeness (QED) is 0.565. The number of aromatic nitrogens is 2. The number of rotatable bonds is 6. The van der Waals surface area contributed by atoms with E-state index in [1.165, 1.54) is 15.1 Å². The third kappa shape index (κ3) is 5.01. The van der Waals surface area contributed by atoms with Crippen LogP contribution in [0, 0.1) is 5.92 Å². The first-order chi connectivity index (χ1) is 17.8. The van der Waals surface area contributed by atoms with Crippen molar-refractivity contribution in [2.75, 3.05) is 20.1 Å². The van der Waals surface area contributed by atoms with Gasteiger partial charge in [-0.2, -0.15) is 5.10 Å². The first-order valence-electron chi connectivity index (χ1n) is 12.9. The summed E-state index contributed by atoms with van der Waals surface area (Å²) in [5.74, 6) is -0.198. The van der Waals surface area contributed by atoms with E-state index in [0.29, 0.717) is 31.2 Å². The van der Waals surface area contributed by atoms with Crippen LogP contribution in [0.1, 0.15) is 51.9 Å². The average Bonchev–Trinajstić information content (AvgIpc) is 3.35. The summed E-state index contributed by atoms with van der Waals surface area (Å²) in [7, 11) is 1.62. The van der Waals surface area contributed by atoms with Crippen LogP contribution in [0.5, 0.6) is 0 Å². The summed E-state index contributed by atoms with van der Waals surface area (Å²) in [6.45, 7) is 3.62. The van der Waals surface area contributed by atoms with E-state index in [1.54, 1.807) is 20.0 Å². The molecule has 8 heteroatoms. The van der Waals surface area contributed by atoms with Gasteiger partial charge in [-0.05, 0) is 43.2 Å². The predicted molar refractivity (Wildman–Crippen MR) is 140 cm³/mol. The Morgan fingerprint density at radius 3 is 2.27 bits per heavy atom. The Labute approximate surface area is 217 Å². The maximum Gasteiger partial charge on any atom is 0.274 e. The Morgan fingerprint density at radius 1 is 1.00 bits per heavy atom. The predicted octanol–water partition coefficient (Wildman–Crippen LogP) is 3.14. The van der Waals surface area contributed by atoms with Crippen molar-refractivity contribution in [2.24, 2.45) is 5.92 Å². The fraction of sp³-hybridized carbons (Fsp3) is 0.379. The van der Waals surface area contributed by atoms with Gasteiger partial charge in [0, 0.05) is 32.7 Å². The van der Waals surface area contributed by atoms with Gasteiger partial charge in [-0.25, -0.2) is 0 Å². The number of carbonyl (C=O) groups excluding carboxylic acids is 3. The summed E-state index contributed by atoms with van der Waals surface area (Å²) < 4.78 is 1.51. The Morgan fingerprint density at radius 2 is 1.62 bits per heavy atom. The fourth-order valence-corrected chi connectivity index (χ4v) is 5.25. The van der Waals surface area contributed by atoms with Crippen molar-refractivity contribution in [2.45, 2.75) is 44.8 Å². The van der Waals surface area contributed by atoms with Crippen LogP contribution in [0.3, 0.4) is 0 Å². The highest BCUT2D eigenvalue weighted by molar-refractivity contribution is 6.01. The van der Waals surface area contributed by atoms with Crippen molar-refractivity contribution in [1.82, 2.24) is 24.9 Å². The molecular formula is C29H33N5O3. The number of amides is 3. The van der Waals surface area contributed by atoms with Gasteiger partial charge < -0.3 is 15.1 Å². The van der Waals surface area contributed by atoms with Gasteiger partial charge in [0.15, 0.2) is 5.69 Å². The van der Waals surface area contributed by atoms with Crippen LogP contribution in [0.15, 0.2) is 66.7 Å². The molecule has 0 unspecified atom stereocenters. The first kappa shape index (κ1) is 24.7. The second-order valence-electron chi connectivity index (χ2n) is 10.3. The Balaban J connectivity index is 1.24. The highest BCUT2D eigenvalue weighted by Crippen LogP contribution is 2.27. The van der Waals surface area contributed by atoms with Crippen molar-refractivity contribution < 1.29 is 14.4 Å². The summed E-state index contributed by atoms with van der Waals surface area (Å²) in [5.41, 5.74) is 1.77. The third-order valence-corrected chi connectivity index (χ3v) is 7.77. The number of carbonyl (C=O) groups is 3. The highest BCUT2D eigenvalue weighted by atomic mass is 16.2. The van der Waals surface area contributed by atoms with E-state index in [2.05, 4.69) is 34.7 Å². The molecule has 2 aliphatic heterocycles. The van der Waals surface area contributed by atoms with Crippen molar-refractivity contribution >= 4 is 17.7 Å². The Hall–Kier alpha value is -3.94. The molecule has 3 amide bonds. The molecule has 1 N–H and O–H groups in total. The second kappa shape index (κ2) is 10.2. The van der Waals surface area contributed by atoms with Gasteiger partial charge in [0.25, 0.3) is 11.8 Å². The molecule has 1 atom stereocenters. The van der Waals surface area contributed by atoms with Gasteiger partial charge in [0.1, 0.15) is 11.2 Å². The summed E-state index contributed by atoms with van der Waals surface area (Å²) in [6.07, 6.45) is 2.90. The molecule has 1 saturated heterocycles. The molecule has 192 valence electrons. The summed E-state index contributed by atoms with van der Waals surface area (Å²) >= 11 is 0. The van der Waals surface area contributed by atoms with E-state index in [1.807, 2.05) is 41.3 Å². The van der Waals surface area contributed by atoms with Crippen molar-refractivity contribution in [3.8, 4) is 0 Å². The topological polar surface area (TPSA) is 87.5 Å². The minimum absolute atomic E-state index is 0.161. The lowest BCUT2D eigenvalue weighted by Crippen LogP contribution is -2.62. The number of likely N-dealkylation sites (tertiary alicyclic amines) is 1. The molecule has 3 heterocycles. The van der Waals surface area contributed by atoms with Gasteiger partial charge in [-0.3, -0.25) is 19.1 Å². The molecule has 2 aromatic carbocycles. The van der Waals surface area contributed by atoms with E-state index < -0.39 is 5.54 Å². The number of likely N-dealkylation sites (N-methyl/N-ethyl adjacent to an activating group) is 1. The number of benzene rings is 2. The molecule has 0 bridgehead atoms. The fourth-order valence-electron chi connectivity index (χ4n) is 5.25. The van der Waals surface area contributed by atoms with Gasteiger partial charge in [0.05, 0.1) is 6.54 Å². The van der Waals surface area contributed by atoms with E-state index in [0.717, 1.165) is 24.8 Å². The third-order valence-electron chi connectivity index (χ3n) is 7.77. The van der Waals surface area contributed by atoms with Gasteiger partial charge >= 0.3 is 0 Å². The number of nitrogens with one attached hydrogen (secondary N) is 1. The Bertz CT molecular complexity index is 1280. The molecule has 8 nitrogen and oxygen atoms in total. The minimum Gasteiger partial charge on any atom is -0.350 e. The normalized spacial score (nSPS) is 20.0. The number of nitrogens with zero attached hydrogens (tertiary/aromatic N) is 4. The molecule has 0 aliphatic carbocycles. The molecule has 37 heavy (non-hydrogen) atoms. The summed E-state index contributed by atoms with van der Waals surface area (Å²) in [5, 5.41) is 7.44. The monoisotopic (exact) mass is 499 g/mol. The highest BCUT2D eigenvalue weighted by Gasteiger charge is 2.46. The lowest BCUT2D eigenvalue weighted by atomic mass is 9.90. The number of piperidine rings is 1. The zero-order valence-electron chi connectivity index (χ0n) is 21.4. The van der Waals surface area contributed by atoms with Gasteiger partial charge in [0.2, 0.25) is 5.91 Å². The Kier molecular flexibility index (Phi) is 6.82. The van der Waals surface area contributed by atoms with Crippen LogP contribution >= 0.6 is 0 Å². The maximum absolute atomic E-state index is 13.3. The average molecular weight is 500 g/mol. The van der Waals surface area contributed by atoms with Crippen LogP contribution < -0.4 is 5.32 Å². The van der Waals surface area contributed by atoms with E-state index in [9.17, 15) is 14.4 Å². The van der Waals surface area contributed by atoms with Crippen molar-refractivity contribution in [3.05, 3.63) is 89.2 Å². The summed E-state index contributed by atoms with van der Waals surface area (Å²) in [4.78, 5) is 42.9. The zero-order chi connectivity index (χ0) is 26.0. The van der Waals surface area contributed by atoms with Crippen molar-refractivity contribution in [3.63, 3.8) is 0 Å². The lowest BCUT2D eigenvalue weighted by Gasteiger charge is -2.40. The molecule has 0 spiro atoms. The SMILES string of the molecule is CN1C(=O)c2cc(C(=O)N3CCC(Cc4ccccc4)CC3)nn2C[C@]1(C)C(=O)NCc1ccccc1. The van der Waals surface area contributed by atoms with Crippen LogP contribution in [0.25, 0.3) is 0 Å². The standard InChI is InChI=1S/C29H33N5O3/c1-29(28(37)30-19-23-11-7-4-8-12-23)20-34-25(27(36)32(29)2)18-24(31-34)26(35)33-15-13-22(14-16-33)17-21-9-5-3-6-10-21/h3-12,18,22H,13-17,19-20H2,1-2H3,(H,30,37)/t29-/m1/s1. The molecule has 5 rings (SSSR count). The van der Waals surface area contributed by atoms with Crippen LogP contribution in [-0.2, 0) is 24.3 Å². The molecule has 2 aliphatic rings. The second-order valence-corrected chi connectivity index (χ2v) is 10.3. The van der Waals surface area contributed by atoms with Crippen LogP contribution in [-0.4, -0.2) is 63.0 Å². The number of hydrogen-bond acceptors (Lipinski definition) is 4. The smallest absolute Gasteiger partial charge is 0.274 e. The maximum atomic E-state index is 13.3. The van der Waals surface area contributed by atoms with Crippen LogP contribution in [0.4, 0.5) is 0 Å². The molecule has 3 aromatic rings. The molecule has 0 saturated carbocycles. The number of hydrogen-bond donors (Lipinski definition) is 1.